The molecule has 0 aliphatic rings. The van der Waals surface area contributed by atoms with Crippen LogP contribution in [-0.2, 0) is 0 Å². The molecule has 2 N–H and O–H groups in total. The fourth-order valence-corrected chi connectivity index (χ4v) is 2.28. The molecule has 2 rings (SSSR count). The zero-order valence-electron chi connectivity index (χ0n) is 12.1. The van der Waals surface area contributed by atoms with Crippen LogP contribution in [0.5, 0.6) is 0 Å². The van der Waals surface area contributed by atoms with Crippen molar-refractivity contribution in [1.82, 2.24) is 9.88 Å². The van der Waals surface area contributed by atoms with Crippen molar-refractivity contribution in [3.63, 3.8) is 0 Å². The molecule has 2 aromatic rings. The fourth-order valence-electron chi connectivity index (χ4n) is 2.28. The number of hydrogen-bond donors (Lipinski definition) is 1. The molecule has 0 aliphatic heterocycles. The Labute approximate surface area is 119 Å². The van der Waals surface area contributed by atoms with Gasteiger partial charge in [0, 0.05) is 19.0 Å². The van der Waals surface area contributed by atoms with Crippen molar-refractivity contribution < 1.29 is 4.79 Å². The van der Waals surface area contributed by atoms with E-state index in [1.807, 2.05) is 31.3 Å². The Balaban J connectivity index is 2.29. The van der Waals surface area contributed by atoms with Crippen LogP contribution in [0.2, 0.25) is 0 Å². The molecule has 1 heterocycles. The van der Waals surface area contributed by atoms with E-state index in [9.17, 15) is 4.79 Å². The smallest absolute Gasteiger partial charge is 0.254 e. The van der Waals surface area contributed by atoms with Gasteiger partial charge in [-0.05, 0) is 18.6 Å². The van der Waals surface area contributed by atoms with Crippen LogP contribution in [-0.4, -0.2) is 29.4 Å². The van der Waals surface area contributed by atoms with Crippen LogP contribution in [0, 0.1) is 0 Å². The highest BCUT2D eigenvalue weighted by atomic mass is 16.2. The van der Waals surface area contributed by atoms with Crippen LogP contribution >= 0.6 is 0 Å². The third-order valence-electron chi connectivity index (χ3n) is 3.41. The predicted octanol–water partition coefficient (Wildman–Crippen LogP) is 3.08. The summed E-state index contributed by atoms with van der Waals surface area (Å²) in [5.74, 6) is 0.389. The summed E-state index contributed by atoms with van der Waals surface area (Å²) in [6.07, 6.45) is 3.31. The highest BCUT2D eigenvalue weighted by Gasteiger charge is 2.15. The second kappa shape index (κ2) is 6.37. The zero-order valence-corrected chi connectivity index (χ0v) is 12.1. The van der Waals surface area contributed by atoms with Crippen molar-refractivity contribution in [2.24, 2.45) is 0 Å². The van der Waals surface area contributed by atoms with E-state index in [1.54, 1.807) is 11.0 Å². The van der Waals surface area contributed by atoms with Gasteiger partial charge in [0.25, 0.3) is 5.91 Å². The number of unbranched alkanes of at least 4 members (excludes halogenated alkanes) is 2. The molecule has 1 aromatic carbocycles. The molecule has 106 valence electrons. The van der Waals surface area contributed by atoms with Gasteiger partial charge in [0.15, 0.2) is 0 Å². The molecule has 0 unspecified atom stereocenters. The van der Waals surface area contributed by atoms with Gasteiger partial charge in [-0.15, -0.1) is 0 Å². The number of fused-ring (bicyclic) bond motifs is 1. The van der Waals surface area contributed by atoms with E-state index < -0.39 is 0 Å². The molecule has 0 fully saturated rings. The SMILES string of the molecule is CCCCCN(C)C(=O)c1cc(N)nc2ccccc12. The van der Waals surface area contributed by atoms with Crippen LogP contribution in [0.15, 0.2) is 30.3 Å². The van der Waals surface area contributed by atoms with E-state index in [2.05, 4.69) is 11.9 Å². The number of anilines is 1. The van der Waals surface area contributed by atoms with Gasteiger partial charge in [0.2, 0.25) is 0 Å². The van der Waals surface area contributed by atoms with Crippen molar-refractivity contribution >= 4 is 22.6 Å². The third kappa shape index (κ3) is 3.07. The first kappa shape index (κ1) is 14.3. The van der Waals surface area contributed by atoms with Gasteiger partial charge in [-0.2, -0.15) is 0 Å². The first-order chi connectivity index (χ1) is 9.63. The lowest BCUT2D eigenvalue weighted by atomic mass is 10.1. The lowest BCUT2D eigenvalue weighted by Crippen LogP contribution is -2.28. The van der Waals surface area contributed by atoms with E-state index in [0.29, 0.717) is 11.4 Å². The summed E-state index contributed by atoms with van der Waals surface area (Å²) in [5.41, 5.74) is 7.20. The molecule has 0 spiro atoms. The molecule has 0 aliphatic carbocycles. The molecule has 4 heteroatoms. The summed E-state index contributed by atoms with van der Waals surface area (Å²) in [5, 5.41) is 0.856. The van der Waals surface area contributed by atoms with E-state index in [-0.39, 0.29) is 5.91 Å². The number of amides is 1. The monoisotopic (exact) mass is 271 g/mol. The standard InChI is InChI=1S/C16H21N3O/c1-3-4-7-10-19(2)16(20)13-11-15(17)18-14-9-6-5-8-12(13)14/h5-6,8-9,11H,3-4,7,10H2,1-2H3,(H2,17,18). The summed E-state index contributed by atoms with van der Waals surface area (Å²) in [6, 6.07) is 9.26. The highest BCUT2D eigenvalue weighted by Crippen LogP contribution is 2.20. The first-order valence-corrected chi connectivity index (χ1v) is 7.04. The van der Waals surface area contributed by atoms with Gasteiger partial charge in [-0.3, -0.25) is 4.79 Å². The Morgan fingerprint density at radius 2 is 2.05 bits per heavy atom. The Kier molecular flexibility index (Phi) is 4.56. The van der Waals surface area contributed by atoms with Crippen molar-refractivity contribution in [2.45, 2.75) is 26.2 Å². The lowest BCUT2D eigenvalue weighted by Gasteiger charge is -2.18. The van der Waals surface area contributed by atoms with Gasteiger partial charge in [0.1, 0.15) is 5.82 Å². The molecule has 1 amide bonds. The fraction of sp³-hybridized carbons (Fsp3) is 0.375. The Bertz CT molecular complexity index is 610. The number of para-hydroxylation sites is 1. The molecule has 4 nitrogen and oxygen atoms in total. The number of nitrogens with zero attached hydrogens (tertiary/aromatic N) is 2. The summed E-state index contributed by atoms with van der Waals surface area (Å²) >= 11 is 0. The number of aromatic nitrogens is 1. The number of rotatable bonds is 5. The summed E-state index contributed by atoms with van der Waals surface area (Å²) in [6.45, 7) is 2.92. The molecular formula is C16H21N3O. The number of hydrogen-bond acceptors (Lipinski definition) is 3. The summed E-state index contributed by atoms with van der Waals surface area (Å²) < 4.78 is 0. The number of carbonyl (C=O) groups is 1. The number of nitrogens with two attached hydrogens (primary N) is 1. The third-order valence-corrected chi connectivity index (χ3v) is 3.41. The lowest BCUT2D eigenvalue weighted by molar-refractivity contribution is 0.0794. The molecule has 0 atom stereocenters. The molecule has 1 aromatic heterocycles. The van der Waals surface area contributed by atoms with Gasteiger partial charge >= 0.3 is 0 Å². The molecule has 0 saturated carbocycles. The average molecular weight is 271 g/mol. The summed E-state index contributed by atoms with van der Waals surface area (Å²) in [4.78, 5) is 18.6. The van der Waals surface area contributed by atoms with Gasteiger partial charge in [-0.1, -0.05) is 38.0 Å². The van der Waals surface area contributed by atoms with Crippen molar-refractivity contribution in [2.75, 3.05) is 19.3 Å². The maximum Gasteiger partial charge on any atom is 0.254 e. The number of nitrogen functional groups attached to an aromatic ring is 1. The van der Waals surface area contributed by atoms with Crippen LogP contribution in [0.4, 0.5) is 5.82 Å². The minimum Gasteiger partial charge on any atom is -0.384 e. The van der Waals surface area contributed by atoms with Gasteiger partial charge in [0.05, 0.1) is 11.1 Å². The number of pyridine rings is 1. The number of benzene rings is 1. The van der Waals surface area contributed by atoms with Gasteiger partial charge < -0.3 is 10.6 Å². The van der Waals surface area contributed by atoms with E-state index in [1.165, 1.54) is 0 Å². The topological polar surface area (TPSA) is 59.2 Å². The Hall–Kier alpha value is -2.10. The minimum absolute atomic E-state index is 0.00593. The minimum atomic E-state index is 0.00593. The molecule has 0 bridgehead atoms. The first-order valence-electron chi connectivity index (χ1n) is 7.04. The van der Waals surface area contributed by atoms with Crippen molar-refractivity contribution in [3.8, 4) is 0 Å². The maximum absolute atomic E-state index is 12.5. The second-order valence-corrected chi connectivity index (χ2v) is 5.05. The van der Waals surface area contributed by atoms with E-state index in [0.717, 1.165) is 36.7 Å². The molecule has 0 radical (unpaired) electrons. The normalized spacial score (nSPS) is 10.7. The van der Waals surface area contributed by atoms with E-state index >= 15 is 0 Å². The molecule has 20 heavy (non-hydrogen) atoms. The van der Waals surface area contributed by atoms with Crippen LogP contribution in [0.1, 0.15) is 36.5 Å². The molecular weight excluding hydrogens is 250 g/mol. The zero-order chi connectivity index (χ0) is 14.5. The van der Waals surface area contributed by atoms with Gasteiger partial charge in [-0.25, -0.2) is 4.98 Å². The number of carbonyl (C=O) groups excluding carboxylic acids is 1. The summed E-state index contributed by atoms with van der Waals surface area (Å²) in [7, 11) is 1.84. The predicted molar refractivity (Wildman–Crippen MR) is 82.6 cm³/mol. The van der Waals surface area contributed by atoms with Crippen LogP contribution in [0.25, 0.3) is 10.9 Å². The molecule has 0 saturated heterocycles. The van der Waals surface area contributed by atoms with Crippen LogP contribution in [0.3, 0.4) is 0 Å². The quantitative estimate of drug-likeness (QED) is 0.850. The second-order valence-electron chi connectivity index (χ2n) is 5.05. The van der Waals surface area contributed by atoms with Crippen LogP contribution < -0.4 is 5.73 Å². The Morgan fingerprint density at radius 3 is 2.80 bits per heavy atom. The van der Waals surface area contributed by atoms with Crippen molar-refractivity contribution in [3.05, 3.63) is 35.9 Å². The highest BCUT2D eigenvalue weighted by molar-refractivity contribution is 6.06. The Morgan fingerprint density at radius 1 is 1.30 bits per heavy atom. The maximum atomic E-state index is 12.5. The average Bonchev–Trinajstić information content (AvgIpc) is 2.45. The van der Waals surface area contributed by atoms with Crippen molar-refractivity contribution in [1.29, 1.82) is 0 Å². The largest absolute Gasteiger partial charge is 0.384 e. The van der Waals surface area contributed by atoms with E-state index in [4.69, 9.17) is 5.73 Å².